The van der Waals surface area contributed by atoms with Gasteiger partial charge in [-0.1, -0.05) is 0 Å². The largest absolute Gasteiger partial charge is 0.460 e. The summed E-state index contributed by atoms with van der Waals surface area (Å²) in [5, 5.41) is 3.80. The van der Waals surface area contributed by atoms with Crippen LogP contribution in [0.5, 0.6) is 0 Å². The predicted molar refractivity (Wildman–Crippen MR) is 89.4 cm³/mol. The first-order chi connectivity index (χ1) is 11.9. The second-order valence-electron chi connectivity index (χ2n) is 5.49. The van der Waals surface area contributed by atoms with Gasteiger partial charge in [-0.3, -0.25) is 18.7 Å². The van der Waals surface area contributed by atoms with Crippen LogP contribution >= 0.6 is 0 Å². The number of fused-ring (bicyclic) bond motifs is 1. The van der Waals surface area contributed by atoms with Gasteiger partial charge in [-0.05, 0) is 19.1 Å². The highest BCUT2D eigenvalue weighted by Gasteiger charge is 2.15. The molecule has 0 spiro atoms. The lowest BCUT2D eigenvalue weighted by Crippen LogP contribution is -2.38. The van der Waals surface area contributed by atoms with Crippen molar-refractivity contribution in [2.45, 2.75) is 13.5 Å². The van der Waals surface area contributed by atoms with Crippen molar-refractivity contribution >= 4 is 23.3 Å². The number of aryl methyl sites for hydroxylation is 2. The van der Waals surface area contributed by atoms with Crippen LogP contribution in [0.15, 0.2) is 37.6 Å². The van der Waals surface area contributed by atoms with Crippen molar-refractivity contribution in [2.24, 2.45) is 19.2 Å². The Labute approximate surface area is 141 Å². The lowest BCUT2D eigenvalue weighted by atomic mass is 10.4. The van der Waals surface area contributed by atoms with Crippen LogP contribution in [0.3, 0.4) is 0 Å². The number of nitrogens with zero attached hydrogens (tertiary/aromatic N) is 5. The summed E-state index contributed by atoms with van der Waals surface area (Å²) < 4.78 is 8.88. The number of nitrogens with one attached hydrogen (secondary N) is 1. The average molecular weight is 344 g/mol. The molecule has 10 nitrogen and oxygen atoms in total. The van der Waals surface area contributed by atoms with Gasteiger partial charge >= 0.3 is 5.69 Å². The minimum atomic E-state index is -0.516. The fraction of sp³-hybridized carbons (Fsp3) is 0.267. The third-order valence-corrected chi connectivity index (χ3v) is 3.67. The van der Waals surface area contributed by atoms with Crippen LogP contribution in [0.1, 0.15) is 11.5 Å². The van der Waals surface area contributed by atoms with Gasteiger partial charge < -0.3 is 8.98 Å². The topological polar surface area (TPSA) is 116 Å². The number of furan rings is 1. The van der Waals surface area contributed by atoms with Crippen molar-refractivity contribution in [3.8, 4) is 0 Å². The van der Waals surface area contributed by atoms with E-state index < -0.39 is 17.2 Å². The highest BCUT2D eigenvalue weighted by atomic mass is 16.3. The summed E-state index contributed by atoms with van der Waals surface area (Å²) in [7, 11) is 2.88. The molecule has 3 aromatic rings. The molecule has 0 aliphatic rings. The maximum Gasteiger partial charge on any atom is 0.332 e. The molecule has 25 heavy (non-hydrogen) atoms. The van der Waals surface area contributed by atoms with Gasteiger partial charge in [0.05, 0.1) is 12.5 Å². The summed E-state index contributed by atoms with van der Waals surface area (Å²) in [5.41, 5.74) is 1.74. The molecule has 0 aliphatic carbocycles. The Morgan fingerprint density at radius 1 is 1.32 bits per heavy atom. The molecule has 130 valence electrons. The normalized spacial score (nSPS) is 11.5. The van der Waals surface area contributed by atoms with Crippen molar-refractivity contribution in [1.82, 2.24) is 24.1 Å². The molecule has 3 heterocycles. The molecule has 0 unspecified atom stereocenters. The van der Waals surface area contributed by atoms with E-state index in [1.165, 1.54) is 35.8 Å². The Bertz CT molecular complexity index is 1100. The first-order valence-electron chi connectivity index (χ1n) is 7.37. The maximum atomic E-state index is 12.3. The lowest BCUT2D eigenvalue weighted by molar-refractivity contribution is -0.121. The van der Waals surface area contributed by atoms with Gasteiger partial charge in [-0.2, -0.15) is 5.10 Å². The van der Waals surface area contributed by atoms with Crippen molar-refractivity contribution < 1.29 is 9.21 Å². The Hall–Kier alpha value is -3.43. The molecule has 3 rings (SSSR count). The summed E-state index contributed by atoms with van der Waals surface area (Å²) in [6, 6.07) is 3.50. The molecule has 1 N–H and O–H groups in total. The van der Waals surface area contributed by atoms with E-state index in [9.17, 15) is 14.4 Å². The minimum absolute atomic E-state index is 0.168. The zero-order valence-corrected chi connectivity index (χ0v) is 13.9. The Morgan fingerprint density at radius 3 is 2.76 bits per heavy atom. The fourth-order valence-electron chi connectivity index (χ4n) is 2.40. The van der Waals surface area contributed by atoms with Crippen LogP contribution in [0.4, 0.5) is 0 Å². The number of rotatable bonds is 4. The molecule has 0 bridgehead atoms. The number of carbonyl (C=O) groups excluding carboxylic acids is 1. The number of aromatic nitrogens is 4. The molecule has 0 aromatic carbocycles. The van der Waals surface area contributed by atoms with Crippen LogP contribution in [0.25, 0.3) is 11.2 Å². The zero-order valence-electron chi connectivity index (χ0n) is 13.9. The summed E-state index contributed by atoms with van der Waals surface area (Å²) in [4.78, 5) is 40.2. The molecular formula is C15H16N6O4. The molecule has 0 aliphatic heterocycles. The standard InChI is InChI=1S/C15H16N6O4/c1-9-4-5-10(25-9)6-17-18-11(22)7-21-8-16-13-12(21)14(23)20(3)15(24)19(13)2/h4-6,8H,7H2,1-3H3,(H,18,22). The fourth-order valence-corrected chi connectivity index (χ4v) is 2.40. The molecule has 1 amide bonds. The Balaban J connectivity index is 1.81. The van der Waals surface area contributed by atoms with E-state index in [4.69, 9.17) is 4.42 Å². The van der Waals surface area contributed by atoms with E-state index in [1.54, 1.807) is 19.1 Å². The molecule has 3 aromatic heterocycles. The van der Waals surface area contributed by atoms with Crippen LogP contribution in [-0.2, 0) is 25.4 Å². The Kier molecular flexibility index (Phi) is 4.09. The smallest absolute Gasteiger partial charge is 0.332 e. The summed E-state index contributed by atoms with van der Waals surface area (Å²) >= 11 is 0. The average Bonchev–Trinajstić information content (AvgIpc) is 3.17. The van der Waals surface area contributed by atoms with Crippen molar-refractivity contribution in [3.63, 3.8) is 0 Å². The molecule has 10 heteroatoms. The minimum Gasteiger partial charge on any atom is -0.460 e. The van der Waals surface area contributed by atoms with E-state index >= 15 is 0 Å². The van der Waals surface area contributed by atoms with Gasteiger partial charge in [0.25, 0.3) is 11.5 Å². The van der Waals surface area contributed by atoms with Gasteiger partial charge in [0, 0.05) is 14.1 Å². The van der Waals surface area contributed by atoms with E-state index in [0.29, 0.717) is 5.76 Å². The molecule has 0 fully saturated rings. The van der Waals surface area contributed by atoms with Gasteiger partial charge in [0.15, 0.2) is 11.2 Å². The first-order valence-corrected chi connectivity index (χ1v) is 7.37. The van der Waals surface area contributed by atoms with Gasteiger partial charge in [0.1, 0.15) is 18.1 Å². The summed E-state index contributed by atoms with van der Waals surface area (Å²) in [5.74, 6) is 0.795. The number of hydrazone groups is 1. The lowest BCUT2D eigenvalue weighted by Gasteiger charge is -2.05. The monoisotopic (exact) mass is 344 g/mol. The van der Waals surface area contributed by atoms with Crippen LogP contribution in [0.2, 0.25) is 0 Å². The van der Waals surface area contributed by atoms with E-state index in [-0.39, 0.29) is 17.7 Å². The SMILES string of the molecule is Cc1ccc(C=NNC(=O)Cn2cnc3c2c(=O)n(C)c(=O)n3C)o1. The summed E-state index contributed by atoms with van der Waals surface area (Å²) in [6.45, 7) is 1.63. The van der Waals surface area contributed by atoms with Crippen molar-refractivity contribution in [1.29, 1.82) is 0 Å². The van der Waals surface area contributed by atoms with E-state index in [2.05, 4.69) is 15.5 Å². The predicted octanol–water partition coefficient (Wildman–Crippen LogP) is -0.515. The van der Waals surface area contributed by atoms with Crippen LogP contribution in [-0.4, -0.2) is 30.8 Å². The van der Waals surface area contributed by atoms with Gasteiger partial charge in [-0.15, -0.1) is 0 Å². The third kappa shape index (κ3) is 3.01. The number of hydrogen-bond donors (Lipinski definition) is 1. The molecule has 0 saturated heterocycles. The van der Waals surface area contributed by atoms with Crippen LogP contribution < -0.4 is 16.7 Å². The van der Waals surface area contributed by atoms with E-state index in [0.717, 1.165) is 10.3 Å². The van der Waals surface area contributed by atoms with Gasteiger partial charge in [-0.25, -0.2) is 15.2 Å². The van der Waals surface area contributed by atoms with Crippen molar-refractivity contribution in [2.75, 3.05) is 0 Å². The maximum absolute atomic E-state index is 12.3. The highest BCUT2D eigenvalue weighted by Crippen LogP contribution is 2.05. The first kappa shape index (κ1) is 16.4. The zero-order chi connectivity index (χ0) is 18.1. The number of imidazole rings is 1. The molecule has 0 atom stereocenters. The molecule has 0 saturated carbocycles. The molecular weight excluding hydrogens is 328 g/mol. The number of amides is 1. The van der Waals surface area contributed by atoms with Crippen molar-refractivity contribution in [3.05, 3.63) is 50.8 Å². The second-order valence-corrected chi connectivity index (χ2v) is 5.49. The van der Waals surface area contributed by atoms with E-state index in [1.807, 2.05) is 0 Å². The molecule has 0 radical (unpaired) electrons. The number of hydrogen-bond acceptors (Lipinski definition) is 6. The summed E-state index contributed by atoms with van der Waals surface area (Å²) in [6.07, 6.45) is 2.71. The highest BCUT2D eigenvalue weighted by molar-refractivity contribution is 5.81. The Morgan fingerprint density at radius 2 is 2.08 bits per heavy atom. The van der Waals surface area contributed by atoms with Crippen LogP contribution in [0, 0.1) is 6.92 Å². The van der Waals surface area contributed by atoms with Gasteiger partial charge in [0.2, 0.25) is 0 Å². The quantitative estimate of drug-likeness (QED) is 0.505. The third-order valence-electron chi connectivity index (χ3n) is 3.67. The number of carbonyl (C=O) groups is 1. The second kappa shape index (κ2) is 6.23.